The third-order valence-electron chi connectivity index (χ3n) is 2.36. The maximum absolute atomic E-state index is 12.9. The van der Waals surface area contributed by atoms with Crippen LogP contribution in [0.4, 0.5) is 10.1 Å². The van der Waals surface area contributed by atoms with Gasteiger partial charge in [-0.15, -0.1) is 0 Å². The summed E-state index contributed by atoms with van der Waals surface area (Å²) < 4.78 is 13.4. The van der Waals surface area contributed by atoms with Gasteiger partial charge in [0, 0.05) is 10.0 Å². The van der Waals surface area contributed by atoms with Crippen molar-refractivity contribution in [1.29, 1.82) is 0 Å². The summed E-state index contributed by atoms with van der Waals surface area (Å²) in [5.74, 6) is -0.745. The SMILES string of the molecule is O=C(Nc1ccc(F)cc1Br)c1ccc(Cl)c(Cl)c1. The molecule has 0 atom stereocenters. The Kier molecular flexibility index (Phi) is 4.45. The van der Waals surface area contributed by atoms with Gasteiger partial charge in [0.05, 0.1) is 15.7 Å². The van der Waals surface area contributed by atoms with E-state index in [0.717, 1.165) is 0 Å². The lowest BCUT2D eigenvalue weighted by Gasteiger charge is -2.08. The molecular weight excluding hydrogens is 356 g/mol. The fourth-order valence-corrected chi connectivity index (χ4v) is 2.17. The highest BCUT2D eigenvalue weighted by molar-refractivity contribution is 9.10. The summed E-state index contributed by atoms with van der Waals surface area (Å²) in [6.07, 6.45) is 0. The van der Waals surface area contributed by atoms with Gasteiger partial charge in [0.2, 0.25) is 0 Å². The second kappa shape index (κ2) is 5.90. The van der Waals surface area contributed by atoms with E-state index < -0.39 is 0 Å². The van der Waals surface area contributed by atoms with Crippen LogP contribution in [0.2, 0.25) is 10.0 Å². The van der Waals surface area contributed by atoms with Gasteiger partial charge in [-0.05, 0) is 52.3 Å². The number of amides is 1. The Morgan fingerprint density at radius 2 is 1.84 bits per heavy atom. The molecule has 0 radical (unpaired) electrons. The van der Waals surface area contributed by atoms with Gasteiger partial charge < -0.3 is 5.32 Å². The number of hydrogen-bond acceptors (Lipinski definition) is 1. The highest BCUT2D eigenvalue weighted by Gasteiger charge is 2.10. The van der Waals surface area contributed by atoms with Crippen LogP contribution in [0.15, 0.2) is 40.9 Å². The molecule has 19 heavy (non-hydrogen) atoms. The van der Waals surface area contributed by atoms with Crippen LogP contribution in [0, 0.1) is 5.82 Å². The minimum absolute atomic E-state index is 0.299. The van der Waals surface area contributed by atoms with Crippen LogP contribution in [-0.4, -0.2) is 5.91 Å². The van der Waals surface area contributed by atoms with Crippen LogP contribution in [0.3, 0.4) is 0 Å². The maximum atomic E-state index is 12.9. The van der Waals surface area contributed by atoms with Crippen molar-refractivity contribution in [2.24, 2.45) is 0 Å². The molecule has 0 fully saturated rings. The normalized spacial score (nSPS) is 10.3. The van der Waals surface area contributed by atoms with Crippen LogP contribution in [0.25, 0.3) is 0 Å². The van der Waals surface area contributed by atoms with Crippen molar-refractivity contribution in [2.45, 2.75) is 0 Å². The number of anilines is 1. The van der Waals surface area contributed by atoms with E-state index in [1.165, 1.54) is 24.3 Å². The molecule has 0 aliphatic rings. The number of rotatable bonds is 2. The molecule has 6 heteroatoms. The molecule has 1 amide bonds. The molecule has 2 nitrogen and oxygen atoms in total. The Bertz CT molecular complexity index is 649. The summed E-state index contributed by atoms with van der Waals surface area (Å²) >= 11 is 14.8. The monoisotopic (exact) mass is 361 g/mol. The molecule has 0 aliphatic carbocycles. The first-order valence-corrected chi connectivity index (χ1v) is 6.74. The molecule has 98 valence electrons. The summed E-state index contributed by atoms with van der Waals surface area (Å²) in [7, 11) is 0. The predicted molar refractivity (Wildman–Crippen MR) is 78.5 cm³/mol. The lowest BCUT2D eigenvalue weighted by atomic mass is 10.2. The molecule has 2 rings (SSSR count). The minimum atomic E-state index is -0.389. The molecular formula is C13H7BrCl2FNO. The zero-order valence-corrected chi connectivity index (χ0v) is 12.5. The number of hydrogen-bond donors (Lipinski definition) is 1. The number of nitrogens with one attached hydrogen (secondary N) is 1. The summed E-state index contributed by atoms with van der Waals surface area (Å²) in [4.78, 5) is 12.0. The van der Waals surface area contributed by atoms with Crippen molar-refractivity contribution in [3.63, 3.8) is 0 Å². The molecule has 0 unspecified atom stereocenters. The van der Waals surface area contributed by atoms with Crippen LogP contribution in [0.1, 0.15) is 10.4 Å². The lowest BCUT2D eigenvalue weighted by Crippen LogP contribution is -2.12. The van der Waals surface area contributed by atoms with E-state index in [4.69, 9.17) is 23.2 Å². The van der Waals surface area contributed by atoms with Crippen molar-refractivity contribution in [1.82, 2.24) is 0 Å². The Balaban J connectivity index is 2.23. The lowest BCUT2D eigenvalue weighted by molar-refractivity contribution is 0.102. The molecule has 0 aliphatic heterocycles. The molecule has 0 bridgehead atoms. The number of benzene rings is 2. The number of carbonyl (C=O) groups excluding carboxylic acids is 1. The highest BCUT2D eigenvalue weighted by atomic mass is 79.9. The molecule has 0 spiro atoms. The van der Waals surface area contributed by atoms with Crippen molar-refractivity contribution in [2.75, 3.05) is 5.32 Å². The smallest absolute Gasteiger partial charge is 0.255 e. The molecule has 0 aromatic heterocycles. The average molecular weight is 363 g/mol. The molecule has 1 N–H and O–H groups in total. The van der Waals surface area contributed by atoms with Gasteiger partial charge in [0.15, 0.2) is 0 Å². The quantitative estimate of drug-likeness (QED) is 0.786. The molecule has 2 aromatic rings. The van der Waals surface area contributed by atoms with E-state index in [-0.39, 0.29) is 11.7 Å². The Morgan fingerprint density at radius 1 is 1.11 bits per heavy atom. The summed E-state index contributed by atoms with van der Waals surface area (Å²) in [6.45, 7) is 0. The van der Waals surface area contributed by atoms with E-state index in [1.807, 2.05) is 0 Å². The largest absolute Gasteiger partial charge is 0.321 e. The van der Waals surface area contributed by atoms with Gasteiger partial charge in [-0.25, -0.2) is 4.39 Å². The first-order valence-electron chi connectivity index (χ1n) is 5.19. The summed E-state index contributed by atoms with van der Waals surface area (Å²) in [5, 5.41) is 3.32. The van der Waals surface area contributed by atoms with Gasteiger partial charge in [0.1, 0.15) is 5.82 Å². The zero-order valence-electron chi connectivity index (χ0n) is 9.38. The van der Waals surface area contributed by atoms with Crippen molar-refractivity contribution < 1.29 is 9.18 Å². The molecule has 0 saturated heterocycles. The number of carbonyl (C=O) groups is 1. The minimum Gasteiger partial charge on any atom is -0.321 e. The van der Waals surface area contributed by atoms with Crippen LogP contribution in [-0.2, 0) is 0 Å². The first-order chi connectivity index (χ1) is 8.97. The maximum Gasteiger partial charge on any atom is 0.255 e. The van der Waals surface area contributed by atoms with Crippen LogP contribution >= 0.6 is 39.1 Å². The number of halogens is 4. The zero-order chi connectivity index (χ0) is 14.0. The van der Waals surface area contributed by atoms with E-state index in [2.05, 4.69) is 21.2 Å². The summed E-state index contributed by atoms with van der Waals surface area (Å²) in [6, 6.07) is 8.56. The predicted octanol–water partition coefficient (Wildman–Crippen LogP) is 5.15. The van der Waals surface area contributed by atoms with Crippen LogP contribution < -0.4 is 5.32 Å². The van der Waals surface area contributed by atoms with E-state index in [9.17, 15) is 9.18 Å². The van der Waals surface area contributed by atoms with E-state index >= 15 is 0 Å². The Hall–Kier alpha value is -1.10. The van der Waals surface area contributed by atoms with Crippen molar-refractivity contribution in [3.8, 4) is 0 Å². The van der Waals surface area contributed by atoms with Crippen molar-refractivity contribution >= 4 is 50.7 Å². The van der Waals surface area contributed by atoms with E-state index in [1.54, 1.807) is 12.1 Å². The third kappa shape index (κ3) is 3.47. The average Bonchev–Trinajstić information content (AvgIpc) is 2.36. The van der Waals surface area contributed by atoms with Crippen LogP contribution in [0.5, 0.6) is 0 Å². The highest BCUT2D eigenvalue weighted by Crippen LogP contribution is 2.25. The van der Waals surface area contributed by atoms with Gasteiger partial charge >= 0.3 is 0 Å². The van der Waals surface area contributed by atoms with Gasteiger partial charge in [0.25, 0.3) is 5.91 Å². The Labute approximate surface area is 127 Å². The molecule has 2 aromatic carbocycles. The summed E-state index contributed by atoms with van der Waals surface area (Å²) in [5.41, 5.74) is 0.836. The van der Waals surface area contributed by atoms with E-state index in [0.29, 0.717) is 25.8 Å². The first kappa shape index (κ1) is 14.3. The second-order valence-electron chi connectivity index (χ2n) is 3.71. The fraction of sp³-hybridized carbons (Fsp3) is 0. The second-order valence-corrected chi connectivity index (χ2v) is 5.38. The van der Waals surface area contributed by atoms with Gasteiger partial charge in [-0.2, -0.15) is 0 Å². The molecule has 0 heterocycles. The van der Waals surface area contributed by atoms with Crippen molar-refractivity contribution in [3.05, 3.63) is 62.3 Å². The topological polar surface area (TPSA) is 29.1 Å². The fourth-order valence-electron chi connectivity index (χ4n) is 1.42. The van der Waals surface area contributed by atoms with Gasteiger partial charge in [-0.1, -0.05) is 23.2 Å². The Morgan fingerprint density at radius 3 is 2.47 bits per heavy atom. The standard InChI is InChI=1S/C13H7BrCl2FNO/c14-9-6-8(17)2-4-12(9)18-13(19)7-1-3-10(15)11(16)5-7/h1-6H,(H,18,19). The third-order valence-corrected chi connectivity index (χ3v) is 3.76. The van der Waals surface area contributed by atoms with Gasteiger partial charge in [-0.3, -0.25) is 4.79 Å². The molecule has 0 saturated carbocycles.